The topological polar surface area (TPSA) is 93.2 Å². The highest BCUT2D eigenvalue weighted by molar-refractivity contribution is 5.82. The van der Waals surface area contributed by atoms with Crippen molar-refractivity contribution in [2.75, 3.05) is 40.3 Å². The first-order chi connectivity index (χ1) is 13.9. The summed E-state index contributed by atoms with van der Waals surface area (Å²) in [4.78, 5) is 41.4. The summed E-state index contributed by atoms with van der Waals surface area (Å²) in [5, 5.41) is 12.0. The molecule has 0 bridgehead atoms. The van der Waals surface area contributed by atoms with Gasteiger partial charge in [-0.15, -0.1) is 0 Å². The third-order valence-corrected chi connectivity index (χ3v) is 5.20. The first kappa shape index (κ1) is 22.5. The van der Waals surface area contributed by atoms with E-state index in [9.17, 15) is 19.5 Å². The molecule has 1 aromatic carbocycles. The Hall–Kier alpha value is -2.77. The van der Waals surface area contributed by atoms with Gasteiger partial charge >= 0.3 is 18.0 Å². The van der Waals surface area contributed by atoms with Gasteiger partial charge in [0.1, 0.15) is 6.04 Å². The first-order valence-electron chi connectivity index (χ1n) is 10.2. The van der Waals surface area contributed by atoms with E-state index >= 15 is 0 Å². The Balaban J connectivity index is 1.82. The van der Waals surface area contributed by atoms with Gasteiger partial charge in [-0.1, -0.05) is 43.2 Å². The molecule has 1 atom stereocenters. The van der Waals surface area contributed by atoms with Crippen LogP contribution >= 0.6 is 0 Å². The summed E-state index contributed by atoms with van der Waals surface area (Å²) in [5.41, 5.74) is 0.839. The molecular weight excluding hydrogens is 372 g/mol. The summed E-state index contributed by atoms with van der Waals surface area (Å²) in [7, 11) is 3.33. The second kappa shape index (κ2) is 11.3. The predicted octanol–water partition coefficient (Wildman–Crippen LogP) is 2.25. The van der Waals surface area contributed by atoms with E-state index in [0.29, 0.717) is 13.1 Å². The highest BCUT2D eigenvalue weighted by Crippen LogP contribution is 2.11. The molecule has 1 aliphatic heterocycles. The highest BCUT2D eigenvalue weighted by atomic mass is 16.4. The maximum absolute atomic E-state index is 12.6. The molecule has 0 spiro atoms. The minimum absolute atomic E-state index is 0.0202. The fourth-order valence-corrected chi connectivity index (χ4v) is 3.31. The zero-order chi connectivity index (χ0) is 21.2. The molecule has 0 radical (unpaired) electrons. The lowest BCUT2D eigenvalue weighted by Crippen LogP contribution is -2.50. The maximum atomic E-state index is 12.6. The van der Waals surface area contributed by atoms with E-state index in [1.165, 1.54) is 4.90 Å². The van der Waals surface area contributed by atoms with Crippen LogP contribution in [0.3, 0.4) is 0 Å². The molecule has 0 aliphatic carbocycles. The lowest BCUT2D eigenvalue weighted by atomic mass is 10.1. The molecular formula is C21H32N4O4. The number of hydrogen-bond donors (Lipinski definition) is 2. The Morgan fingerprint density at radius 2 is 1.59 bits per heavy atom. The number of nitrogens with one attached hydrogen (secondary N) is 1. The summed E-state index contributed by atoms with van der Waals surface area (Å²) < 4.78 is 0. The molecule has 0 aromatic heterocycles. The lowest BCUT2D eigenvalue weighted by molar-refractivity contribution is -0.139. The number of aliphatic carboxylic acids is 1. The third kappa shape index (κ3) is 7.29. The third-order valence-electron chi connectivity index (χ3n) is 5.20. The average molecular weight is 405 g/mol. The van der Waals surface area contributed by atoms with Crippen LogP contribution < -0.4 is 5.32 Å². The zero-order valence-electron chi connectivity index (χ0n) is 17.3. The molecule has 1 aromatic rings. The van der Waals surface area contributed by atoms with Crippen LogP contribution in [0.4, 0.5) is 9.59 Å². The Labute approximate surface area is 172 Å². The molecule has 0 saturated carbocycles. The van der Waals surface area contributed by atoms with Gasteiger partial charge in [-0.2, -0.15) is 0 Å². The van der Waals surface area contributed by atoms with Crippen molar-refractivity contribution < 1.29 is 19.5 Å². The van der Waals surface area contributed by atoms with Crippen molar-refractivity contribution in [1.29, 1.82) is 0 Å². The molecule has 2 N–H and O–H groups in total. The predicted molar refractivity (Wildman–Crippen MR) is 111 cm³/mol. The maximum Gasteiger partial charge on any atom is 0.326 e. The number of nitrogens with zero attached hydrogens (tertiary/aromatic N) is 3. The Morgan fingerprint density at radius 1 is 1.00 bits per heavy atom. The number of carbonyl (C=O) groups excluding carboxylic acids is 2. The van der Waals surface area contributed by atoms with Crippen LogP contribution in [0.2, 0.25) is 0 Å². The van der Waals surface area contributed by atoms with Crippen molar-refractivity contribution in [2.24, 2.45) is 0 Å². The molecule has 8 heteroatoms. The minimum Gasteiger partial charge on any atom is -0.480 e. The normalized spacial score (nSPS) is 15.2. The molecule has 1 fully saturated rings. The fraction of sp³-hybridized carbons (Fsp3) is 0.571. The number of carboxylic acids is 1. The fourth-order valence-electron chi connectivity index (χ4n) is 3.31. The smallest absolute Gasteiger partial charge is 0.326 e. The van der Waals surface area contributed by atoms with Crippen LogP contribution in [0.15, 0.2) is 30.3 Å². The lowest BCUT2D eigenvalue weighted by Gasteiger charge is -2.29. The number of hydrogen-bond acceptors (Lipinski definition) is 3. The van der Waals surface area contributed by atoms with Crippen molar-refractivity contribution in [3.63, 3.8) is 0 Å². The molecule has 8 nitrogen and oxygen atoms in total. The van der Waals surface area contributed by atoms with Crippen molar-refractivity contribution in [1.82, 2.24) is 20.0 Å². The number of urea groups is 2. The molecule has 29 heavy (non-hydrogen) atoms. The molecule has 1 aliphatic rings. The number of likely N-dealkylation sites (N-methyl/N-ethyl adjacent to an activating group) is 2. The van der Waals surface area contributed by atoms with Gasteiger partial charge in [-0.3, -0.25) is 0 Å². The highest BCUT2D eigenvalue weighted by Gasteiger charge is 2.23. The van der Waals surface area contributed by atoms with Crippen LogP contribution in [-0.2, 0) is 11.2 Å². The number of amides is 4. The van der Waals surface area contributed by atoms with E-state index in [2.05, 4.69) is 5.32 Å². The van der Waals surface area contributed by atoms with E-state index in [1.54, 1.807) is 19.0 Å². The number of benzene rings is 1. The van der Waals surface area contributed by atoms with Gasteiger partial charge < -0.3 is 25.1 Å². The molecule has 160 valence electrons. The average Bonchev–Trinajstić information content (AvgIpc) is 3.00. The number of likely N-dealkylation sites (tertiary alicyclic amines) is 1. The molecule has 1 saturated heterocycles. The van der Waals surface area contributed by atoms with Crippen molar-refractivity contribution in [3.05, 3.63) is 35.9 Å². The molecule has 1 heterocycles. The van der Waals surface area contributed by atoms with Crippen molar-refractivity contribution >= 4 is 18.0 Å². The van der Waals surface area contributed by atoms with E-state index in [4.69, 9.17) is 0 Å². The van der Waals surface area contributed by atoms with Gasteiger partial charge in [0.15, 0.2) is 0 Å². The first-order valence-corrected chi connectivity index (χ1v) is 10.2. The largest absolute Gasteiger partial charge is 0.480 e. The van der Waals surface area contributed by atoms with Gasteiger partial charge in [-0.25, -0.2) is 14.4 Å². The van der Waals surface area contributed by atoms with E-state index < -0.39 is 18.0 Å². The van der Waals surface area contributed by atoms with Gasteiger partial charge in [0.25, 0.3) is 0 Å². The van der Waals surface area contributed by atoms with Gasteiger partial charge in [0.2, 0.25) is 0 Å². The molecule has 0 unspecified atom stereocenters. The molecule has 4 amide bonds. The Bertz CT molecular complexity index is 675. The SMILES string of the molecule is CN(CCN(C)C(=O)N1CCCCCC1)C(=O)N[C@@H](Cc1ccccc1)C(=O)O. The Morgan fingerprint density at radius 3 is 2.17 bits per heavy atom. The van der Waals surface area contributed by atoms with Crippen LogP contribution in [0.5, 0.6) is 0 Å². The van der Waals surface area contributed by atoms with E-state index in [1.807, 2.05) is 35.2 Å². The summed E-state index contributed by atoms with van der Waals surface area (Å²) in [6.45, 7) is 2.26. The van der Waals surface area contributed by atoms with E-state index in [-0.39, 0.29) is 12.5 Å². The summed E-state index contributed by atoms with van der Waals surface area (Å²) in [6.07, 6.45) is 4.58. The van der Waals surface area contributed by atoms with Gasteiger partial charge in [-0.05, 0) is 18.4 Å². The van der Waals surface area contributed by atoms with Crippen LogP contribution in [0.25, 0.3) is 0 Å². The Kier molecular flexibility index (Phi) is 8.76. The number of carboxylic acid groups (broad SMARTS) is 1. The number of carbonyl (C=O) groups is 3. The monoisotopic (exact) mass is 404 g/mol. The van der Waals surface area contributed by atoms with E-state index in [0.717, 1.165) is 44.3 Å². The second-order valence-corrected chi connectivity index (χ2v) is 7.56. The standard InChI is InChI=1S/C21H32N4O4/c1-23(14-15-24(2)21(29)25-12-8-3-4-9-13-25)20(28)22-18(19(26)27)16-17-10-6-5-7-11-17/h5-7,10-11,18H,3-4,8-9,12-16H2,1-2H3,(H,22,28)(H,26,27)/t18-/m0/s1. The molecule has 2 rings (SSSR count). The summed E-state index contributed by atoms with van der Waals surface area (Å²) in [5.74, 6) is -1.08. The van der Waals surface area contributed by atoms with Crippen molar-refractivity contribution in [3.8, 4) is 0 Å². The van der Waals surface area contributed by atoms with Crippen LogP contribution in [-0.4, -0.2) is 84.2 Å². The second-order valence-electron chi connectivity index (χ2n) is 7.56. The van der Waals surface area contributed by atoms with Crippen molar-refractivity contribution in [2.45, 2.75) is 38.1 Å². The van der Waals surface area contributed by atoms with Gasteiger partial charge in [0.05, 0.1) is 0 Å². The van der Waals surface area contributed by atoms with Crippen LogP contribution in [0.1, 0.15) is 31.2 Å². The summed E-state index contributed by atoms with van der Waals surface area (Å²) in [6, 6.07) is 7.68. The number of rotatable bonds is 7. The summed E-state index contributed by atoms with van der Waals surface area (Å²) >= 11 is 0. The quantitative estimate of drug-likeness (QED) is 0.729. The van der Waals surface area contributed by atoms with Gasteiger partial charge in [0, 0.05) is 46.7 Å². The minimum atomic E-state index is -1.08. The zero-order valence-corrected chi connectivity index (χ0v) is 17.3. The van der Waals surface area contributed by atoms with Crippen LogP contribution in [0, 0.1) is 0 Å².